The van der Waals surface area contributed by atoms with Crippen LogP contribution >= 0.6 is 0 Å². The second-order valence-electron chi connectivity index (χ2n) is 9.69. The molecule has 5 nitrogen and oxygen atoms in total. The Morgan fingerprint density at radius 2 is 1.42 bits per heavy atom. The molecule has 2 bridgehead atoms. The number of aliphatic imine (C=N–C) groups is 1. The van der Waals surface area contributed by atoms with Gasteiger partial charge in [0, 0.05) is 30.1 Å². The first-order valence-corrected chi connectivity index (χ1v) is 11.5. The first kappa shape index (κ1) is 22.8. The van der Waals surface area contributed by atoms with Gasteiger partial charge in [-0.25, -0.2) is 4.99 Å². The van der Waals surface area contributed by atoms with Crippen LogP contribution in [0.3, 0.4) is 0 Å². The SMILES string of the molecule is C=CCN(CC=C)c1ccc(N=Nc2ccc(N=C3C(=O)[C@@]4(C)CC[C@H]3C4(C)C)cc2)cc1. The van der Waals surface area contributed by atoms with Gasteiger partial charge in [0.15, 0.2) is 5.78 Å². The lowest BCUT2D eigenvalue weighted by molar-refractivity contribution is -0.123. The summed E-state index contributed by atoms with van der Waals surface area (Å²) >= 11 is 0. The maximum atomic E-state index is 13.0. The third kappa shape index (κ3) is 4.08. The number of anilines is 1. The summed E-state index contributed by atoms with van der Waals surface area (Å²) in [4.78, 5) is 19.9. The highest BCUT2D eigenvalue weighted by atomic mass is 16.1. The molecule has 2 fully saturated rings. The van der Waals surface area contributed by atoms with Crippen molar-refractivity contribution in [3.63, 3.8) is 0 Å². The fourth-order valence-corrected chi connectivity index (χ4v) is 5.13. The first-order valence-electron chi connectivity index (χ1n) is 11.5. The number of ketones is 1. The smallest absolute Gasteiger partial charge is 0.183 e. The third-order valence-corrected chi connectivity index (χ3v) is 7.58. The summed E-state index contributed by atoms with van der Waals surface area (Å²) in [6.45, 7) is 15.7. The summed E-state index contributed by atoms with van der Waals surface area (Å²) in [5.74, 6) is 0.460. The number of carbonyl (C=O) groups is 1. The van der Waals surface area contributed by atoms with Gasteiger partial charge in [-0.3, -0.25) is 4.79 Å². The van der Waals surface area contributed by atoms with Crippen LogP contribution in [0.15, 0.2) is 89.1 Å². The third-order valence-electron chi connectivity index (χ3n) is 7.58. The molecule has 2 aliphatic carbocycles. The Bertz CT molecular complexity index is 1100. The number of benzene rings is 2. The van der Waals surface area contributed by atoms with Crippen LogP contribution < -0.4 is 4.90 Å². The van der Waals surface area contributed by atoms with Crippen LogP contribution in [-0.4, -0.2) is 24.6 Å². The fraction of sp³-hybridized carbons (Fsp3) is 0.357. The lowest BCUT2D eigenvalue weighted by Gasteiger charge is -2.31. The number of hydrogen-bond donors (Lipinski definition) is 0. The molecule has 170 valence electrons. The van der Waals surface area contributed by atoms with Crippen LogP contribution in [0.5, 0.6) is 0 Å². The highest BCUT2D eigenvalue weighted by Gasteiger charge is 2.64. The lowest BCUT2D eigenvalue weighted by Crippen LogP contribution is -2.33. The highest BCUT2D eigenvalue weighted by Crippen LogP contribution is 2.62. The van der Waals surface area contributed by atoms with Gasteiger partial charge < -0.3 is 4.90 Å². The lowest BCUT2D eigenvalue weighted by atomic mass is 9.70. The Labute approximate surface area is 196 Å². The molecule has 0 spiro atoms. The van der Waals surface area contributed by atoms with E-state index in [9.17, 15) is 4.79 Å². The van der Waals surface area contributed by atoms with E-state index in [1.807, 2.05) is 60.7 Å². The van der Waals surface area contributed by atoms with E-state index in [1.165, 1.54) is 0 Å². The van der Waals surface area contributed by atoms with Crippen molar-refractivity contribution in [2.45, 2.75) is 33.6 Å². The molecule has 2 atom stereocenters. The standard InChI is InChI=1S/C28H32N4O/c1-6-18-32(19-7-2)23-14-12-22(13-15-23)31-30-21-10-8-20(9-11-21)29-25-24-16-17-28(5,26(25)33)27(24,3)4/h6-15,24H,1-2,16-19H2,3-5H3/t24-,28-/m1/s1. The van der Waals surface area contributed by atoms with E-state index < -0.39 is 0 Å². The molecule has 0 aliphatic heterocycles. The number of Topliss-reactive ketones (excluding diaryl/α,β-unsaturated/α-hetero) is 1. The van der Waals surface area contributed by atoms with Crippen LogP contribution in [0.1, 0.15) is 33.6 Å². The summed E-state index contributed by atoms with van der Waals surface area (Å²) in [6.07, 6.45) is 5.75. The molecule has 0 heterocycles. The Kier molecular flexibility index (Phi) is 6.15. The first-order chi connectivity index (χ1) is 15.8. The van der Waals surface area contributed by atoms with Crippen molar-refractivity contribution in [3.05, 3.63) is 73.8 Å². The van der Waals surface area contributed by atoms with Gasteiger partial charge in [0.25, 0.3) is 0 Å². The van der Waals surface area contributed by atoms with Crippen molar-refractivity contribution in [1.29, 1.82) is 0 Å². The van der Waals surface area contributed by atoms with Crippen molar-refractivity contribution in [2.75, 3.05) is 18.0 Å². The van der Waals surface area contributed by atoms with Gasteiger partial charge >= 0.3 is 0 Å². The molecule has 0 radical (unpaired) electrons. The molecule has 0 saturated heterocycles. The van der Waals surface area contributed by atoms with Gasteiger partial charge in [-0.1, -0.05) is 32.9 Å². The predicted molar refractivity (Wildman–Crippen MR) is 136 cm³/mol. The molecular formula is C28H32N4O. The Hall–Kier alpha value is -3.34. The molecule has 0 aromatic heterocycles. The van der Waals surface area contributed by atoms with E-state index in [0.29, 0.717) is 0 Å². The van der Waals surface area contributed by atoms with E-state index in [4.69, 9.17) is 4.99 Å². The van der Waals surface area contributed by atoms with Crippen LogP contribution in [0.25, 0.3) is 0 Å². The Morgan fingerprint density at radius 3 is 1.91 bits per heavy atom. The number of nitrogens with zero attached hydrogens (tertiary/aromatic N) is 4. The second-order valence-corrected chi connectivity index (χ2v) is 9.69. The number of fused-ring (bicyclic) bond motifs is 2. The van der Waals surface area contributed by atoms with Gasteiger partial charge in [-0.15, -0.1) is 13.2 Å². The van der Waals surface area contributed by atoms with E-state index in [2.05, 4.69) is 49.1 Å². The molecule has 2 saturated carbocycles. The largest absolute Gasteiger partial charge is 0.364 e. The van der Waals surface area contributed by atoms with Gasteiger partial charge in [-0.05, 0) is 66.8 Å². The van der Waals surface area contributed by atoms with Crippen LogP contribution in [0.2, 0.25) is 0 Å². The van der Waals surface area contributed by atoms with Crippen LogP contribution in [0.4, 0.5) is 22.7 Å². The zero-order valence-corrected chi connectivity index (χ0v) is 19.8. The Balaban J connectivity index is 1.45. The van der Waals surface area contributed by atoms with Gasteiger partial charge in [0.2, 0.25) is 0 Å². The van der Waals surface area contributed by atoms with E-state index in [0.717, 1.165) is 54.4 Å². The predicted octanol–water partition coefficient (Wildman–Crippen LogP) is 7.38. The Morgan fingerprint density at radius 1 is 0.909 bits per heavy atom. The molecule has 33 heavy (non-hydrogen) atoms. The van der Waals surface area contributed by atoms with Gasteiger partial charge in [0.05, 0.1) is 22.8 Å². The second kappa shape index (κ2) is 8.89. The number of carbonyl (C=O) groups excluding carboxylic acids is 1. The molecule has 2 aromatic carbocycles. The summed E-state index contributed by atoms with van der Waals surface area (Å²) < 4.78 is 0. The maximum absolute atomic E-state index is 13.0. The van der Waals surface area contributed by atoms with Crippen LogP contribution in [-0.2, 0) is 4.79 Å². The maximum Gasteiger partial charge on any atom is 0.183 e. The topological polar surface area (TPSA) is 57.4 Å². The van der Waals surface area contributed by atoms with Crippen molar-refractivity contribution in [3.8, 4) is 0 Å². The average Bonchev–Trinajstić information content (AvgIpc) is 3.12. The monoisotopic (exact) mass is 440 g/mol. The molecule has 5 heteroatoms. The van der Waals surface area contributed by atoms with E-state index in [1.54, 1.807) is 0 Å². The van der Waals surface area contributed by atoms with Gasteiger partial charge in [0.1, 0.15) is 0 Å². The fourth-order valence-electron chi connectivity index (χ4n) is 5.13. The minimum absolute atomic E-state index is 0.0268. The molecule has 0 amide bonds. The van der Waals surface area contributed by atoms with Crippen molar-refractivity contribution in [1.82, 2.24) is 0 Å². The van der Waals surface area contributed by atoms with E-state index in [-0.39, 0.29) is 22.5 Å². The molecule has 4 rings (SSSR count). The molecule has 0 unspecified atom stereocenters. The van der Waals surface area contributed by atoms with E-state index >= 15 is 0 Å². The minimum atomic E-state index is -0.283. The van der Waals surface area contributed by atoms with Crippen molar-refractivity contribution in [2.24, 2.45) is 32.0 Å². The number of rotatable bonds is 8. The van der Waals surface area contributed by atoms with Crippen molar-refractivity contribution < 1.29 is 4.79 Å². The summed E-state index contributed by atoms with van der Waals surface area (Å²) in [5, 5.41) is 8.70. The molecule has 0 N–H and O–H groups in total. The average molecular weight is 441 g/mol. The van der Waals surface area contributed by atoms with Crippen molar-refractivity contribution >= 4 is 34.2 Å². The number of azo groups is 1. The summed E-state index contributed by atoms with van der Waals surface area (Å²) in [6, 6.07) is 15.5. The zero-order chi connectivity index (χ0) is 23.6. The normalized spacial score (nSPS) is 24.5. The minimum Gasteiger partial charge on any atom is -0.364 e. The quantitative estimate of drug-likeness (QED) is 0.318. The molecule has 2 aliphatic rings. The van der Waals surface area contributed by atoms with Crippen LogP contribution in [0, 0.1) is 16.7 Å². The molecule has 2 aromatic rings. The highest BCUT2D eigenvalue weighted by molar-refractivity contribution is 6.46. The molecular weight excluding hydrogens is 408 g/mol. The summed E-state index contributed by atoms with van der Waals surface area (Å²) in [7, 11) is 0. The summed E-state index contributed by atoms with van der Waals surface area (Å²) in [5.41, 5.74) is 3.83. The number of hydrogen-bond acceptors (Lipinski definition) is 5. The van der Waals surface area contributed by atoms with Gasteiger partial charge in [-0.2, -0.15) is 10.2 Å². The zero-order valence-electron chi connectivity index (χ0n) is 19.8.